The van der Waals surface area contributed by atoms with Gasteiger partial charge >= 0.3 is 0 Å². The molecular formula is C11H11BrN2. The maximum absolute atomic E-state index is 4.38. The fourth-order valence-electron chi connectivity index (χ4n) is 1.37. The van der Waals surface area contributed by atoms with Crippen molar-refractivity contribution in [3.8, 4) is 11.3 Å². The van der Waals surface area contributed by atoms with E-state index in [2.05, 4.69) is 52.2 Å². The molecule has 14 heavy (non-hydrogen) atoms. The Morgan fingerprint density at radius 2 is 1.86 bits per heavy atom. The van der Waals surface area contributed by atoms with E-state index in [0.29, 0.717) is 0 Å². The van der Waals surface area contributed by atoms with Gasteiger partial charge in [0.05, 0.1) is 4.47 Å². The van der Waals surface area contributed by atoms with E-state index in [4.69, 9.17) is 0 Å². The molecule has 0 atom stereocenters. The average Bonchev–Trinajstić information content (AvgIpc) is 2.47. The van der Waals surface area contributed by atoms with Crippen LogP contribution in [0.25, 0.3) is 11.3 Å². The summed E-state index contributed by atoms with van der Waals surface area (Å²) >= 11 is 3.49. The summed E-state index contributed by atoms with van der Waals surface area (Å²) in [6, 6.07) is 8.36. The van der Waals surface area contributed by atoms with E-state index in [1.54, 1.807) is 4.68 Å². The standard InChI is InChI=1S/C11H11BrN2/c1-8-3-5-9(6-4-8)11-10(12)7-14(2)13-11/h3-7H,1-2H3. The van der Waals surface area contributed by atoms with E-state index < -0.39 is 0 Å². The van der Waals surface area contributed by atoms with Crippen LogP contribution in [-0.2, 0) is 7.05 Å². The lowest BCUT2D eigenvalue weighted by molar-refractivity contribution is 0.770. The summed E-state index contributed by atoms with van der Waals surface area (Å²) in [5.41, 5.74) is 3.40. The van der Waals surface area contributed by atoms with E-state index in [1.165, 1.54) is 5.56 Å². The van der Waals surface area contributed by atoms with Crippen LogP contribution in [0.4, 0.5) is 0 Å². The van der Waals surface area contributed by atoms with Crippen LogP contribution in [0, 0.1) is 6.92 Å². The zero-order valence-electron chi connectivity index (χ0n) is 8.16. The Kier molecular flexibility index (Phi) is 2.42. The smallest absolute Gasteiger partial charge is 0.106 e. The second-order valence-electron chi connectivity index (χ2n) is 3.37. The molecule has 0 bridgehead atoms. The number of hydrogen-bond donors (Lipinski definition) is 0. The molecule has 1 aromatic heterocycles. The summed E-state index contributed by atoms with van der Waals surface area (Å²) in [7, 11) is 1.92. The quantitative estimate of drug-likeness (QED) is 0.761. The number of benzene rings is 1. The summed E-state index contributed by atoms with van der Waals surface area (Å²) in [4.78, 5) is 0. The van der Waals surface area contributed by atoms with Gasteiger partial charge in [0.2, 0.25) is 0 Å². The van der Waals surface area contributed by atoms with Crippen LogP contribution < -0.4 is 0 Å². The molecule has 0 spiro atoms. The molecule has 72 valence electrons. The van der Waals surface area contributed by atoms with E-state index >= 15 is 0 Å². The largest absolute Gasteiger partial charge is 0.274 e. The summed E-state index contributed by atoms with van der Waals surface area (Å²) in [5, 5.41) is 4.38. The highest BCUT2D eigenvalue weighted by Gasteiger charge is 2.06. The molecule has 0 aliphatic carbocycles. The third kappa shape index (κ3) is 1.73. The zero-order chi connectivity index (χ0) is 10.1. The number of aromatic nitrogens is 2. The summed E-state index contributed by atoms with van der Waals surface area (Å²) in [6.45, 7) is 2.08. The highest BCUT2D eigenvalue weighted by atomic mass is 79.9. The molecule has 0 unspecified atom stereocenters. The number of rotatable bonds is 1. The van der Waals surface area contributed by atoms with Crippen molar-refractivity contribution in [3.63, 3.8) is 0 Å². The third-order valence-electron chi connectivity index (χ3n) is 2.11. The summed E-state index contributed by atoms with van der Waals surface area (Å²) in [6.07, 6.45) is 1.95. The van der Waals surface area contributed by atoms with Crippen LogP contribution in [0.2, 0.25) is 0 Å². The van der Waals surface area contributed by atoms with Gasteiger partial charge in [-0.1, -0.05) is 29.8 Å². The maximum Gasteiger partial charge on any atom is 0.106 e. The first-order valence-corrected chi connectivity index (χ1v) is 5.22. The molecule has 0 fully saturated rings. The van der Waals surface area contributed by atoms with Gasteiger partial charge in [-0.3, -0.25) is 4.68 Å². The average molecular weight is 251 g/mol. The second kappa shape index (κ2) is 3.58. The van der Waals surface area contributed by atoms with Gasteiger partial charge in [-0.25, -0.2) is 0 Å². The van der Waals surface area contributed by atoms with Gasteiger partial charge in [0.15, 0.2) is 0 Å². The number of hydrogen-bond acceptors (Lipinski definition) is 1. The van der Waals surface area contributed by atoms with Gasteiger partial charge in [-0.2, -0.15) is 5.10 Å². The second-order valence-corrected chi connectivity index (χ2v) is 4.22. The highest BCUT2D eigenvalue weighted by Crippen LogP contribution is 2.26. The minimum absolute atomic E-state index is 0.993. The lowest BCUT2D eigenvalue weighted by Crippen LogP contribution is -1.87. The predicted molar refractivity (Wildman–Crippen MR) is 61.1 cm³/mol. The minimum atomic E-state index is 0.993. The summed E-state index contributed by atoms with van der Waals surface area (Å²) < 4.78 is 2.84. The predicted octanol–water partition coefficient (Wildman–Crippen LogP) is 3.16. The summed E-state index contributed by atoms with van der Waals surface area (Å²) in [5.74, 6) is 0. The molecule has 0 amide bonds. The monoisotopic (exact) mass is 250 g/mol. The normalized spacial score (nSPS) is 10.5. The van der Waals surface area contributed by atoms with Crippen molar-refractivity contribution in [1.29, 1.82) is 0 Å². The van der Waals surface area contributed by atoms with Crippen molar-refractivity contribution < 1.29 is 0 Å². The van der Waals surface area contributed by atoms with Gasteiger partial charge < -0.3 is 0 Å². The molecule has 1 heterocycles. The number of halogens is 1. The van der Waals surface area contributed by atoms with Crippen LogP contribution in [0.1, 0.15) is 5.56 Å². The van der Waals surface area contributed by atoms with Crippen molar-refractivity contribution in [3.05, 3.63) is 40.5 Å². The number of aryl methyl sites for hydroxylation is 2. The topological polar surface area (TPSA) is 17.8 Å². The van der Waals surface area contributed by atoms with Crippen LogP contribution >= 0.6 is 15.9 Å². The fraction of sp³-hybridized carbons (Fsp3) is 0.182. The lowest BCUT2D eigenvalue weighted by Gasteiger charge is -1.98. The Morgan fingerprint density at radius 1 is 1.21 bits per heavy atom. The van der Waals surface area contributed by atoms with E-state index in [9.17, 15) is 0 Å². The van der Waals surface area contributed by atoms with Crippen molar-refractivity contribution in [1.82, 2.24) is 9.78 Å². The van der Waals surface area contributed by atoms with Gasteiger partial charge in [-0.05, 0) is 22.9 Å². The first kappa shape index (κ1) is 9.46. The van der Waals surface area contributed by atoms with E-state index in [0.717, 1.165) is 15.7 Å². The van der Waals surface area contributed by atoms with E-state index in [1.807, 2.05) is 13.2 Å². The molecule has 0 saturated heterocycles. The number of nitrogens with zero attached hydrogens (tertiary/aromatic N) is 2. The molecule has 3 heteroatoms. The molecule has 0 radical (unpaired) electrons. The molecule has 2 aromatic rings. The van der Waals surface area contributed by atoms with Crippen molar-refractivity contribution in [2.24, 2.45) is 7.05 Å². The molecule has 2 rings (SSSR count). The molecule has 0 aliphatic heterocycles. The Labute approximate surface area is 91.7 Å². The Balaban J connectivity index is 2.49. The van der Waals surface area contributed by atoms with Gasteiger partial charge in [-0.15, -0.1) is 0 Å². The van der Waals surface area contributed by atoms with Crippen molar-refractivity contribution in [2.45, 2.75) is 6.92 Å². The molecule has 0 aliphatic rings. The van der Waals surface area contributed by atoms with Gasteiger partial charge in [0.25, 0.3) is 0 Å². The van der Waals surface area contributed by atoms with Crippen LogP contribution in [0.3, 0.4) is 0 Å². The Bertz CT molecular complexity index is 443. The molecular weight excluding hydrogens is 240 g/mol. The van der Waals surface area contributed by atoms with Crippen molar-refractivity contribution >= 4 is 15.9 Å². The third-order valence-corrected chi connectivity index (χ3v) is 2.69. The molecule has 0 N–H and O–H groups in total. The van der Waals surface area contributed by atoms with Crippen LogP contribution in [0.15, 0.2) is 34.9 Å². The Hall–Kier alpha value is -1.09. The zero-order valence-corrected chi connectivity index (χ0v) is 9.75. The van der Waals surface area contributed by atoms with Gasteiger partial charge in [0, 0.05) is 18.8 Å². The Morgan fingerprint density at radius 3 is 2.36 bits per heavy atom. The fourth-order valence-corrected chi connectivity index (χ4v) is 1.97. The van der Waals surface area contributed by atoms with E-state index in [-0.39, 0.29) is 0 Å². The van der Waals surface area contributed by atoms with Gasteiger partial charge in [0.1, 0.15) is 5.69 Å². The van der Waals surface area contributed by atoms with Crippen LogP contribution in [-0.4, -0.2) is 9.78 Å². The SMILES string of the molecule is Cc1ccc(-c2nn(C)cc2Br)cc1. The van der Waals surface area contributed by atoms with Crippen LogP contribution in [0.5, 0.6) is 0 Å². The molecule has 0 saturated carbocycles. The molecule has 2 nitrogen and oxygen atoms in total. The van der Waals surface area contributed by atoms with Crippen molar-refractivity contribution in [2.75, 3.05) is 0 Å². The molecule has 1 aromatic carbocycles. The maximum atomic E-state index is 4.38. The lowest BCUT2D eigenvalue weighted by atomic mass is 10.1. The highest BCUT2D eigenvalue weighted by molar-refractivity contribution is 9.10. The minimum Gasteiger partial charge on any atom is -0.274 e. The first-order valence-electron chi connectivity index (χ1n) is 4.43. The first-order chi connectivity index (χ1) is 6.66.